The van der Waals surface area contributed by atoms with E-state index in [0.717, 1.165) is 11.1 Å². The largest absolute Gasteiger partial charge is 0.336 e. The van der Waals surface area contributed by atoms with Crippen LogP contribution in [-0.2, 0) is 6.54 Å². The number of rotatable bonds is 3. The monoisotopic (exact) mass is 376 g/mol. The van der Waals surface area contributed by atoms with Gasteiger partial charge in [-0.25, -0.2) is 9.36 Å². The van der Waals surface area contributed by atoms with Gasteiger partial charge in [-0.15, -0.1) is 0 Å². The Morgan fingerprint density at radius 1 is 0.889 bits per heavy atom. The highest BCUT2D eigenvalue weighted by atomic mass is 35.5. The number of nitrogens with zero attached hydrogens (tertiary/aromatic N) is 2. The topological polar surface area (TPSA) is 44.0 Å². The smallest absolute Gasteiger partial charge is 0.288 e. The predicted octanol–water partition coefficient (Wildman–Crippen LogP) is 4.16. The van der Waals surface area contributed by atoms with Crippen molar-refractivity contribution < 1.29 is 0 Å². The highest BCUT2D eigenvalue weighted by Gasteiger charge is 2.14. The lowest BCUT2D eigenvalue weighted by molar-refractivity contribution is 0.714. The molecule has 0 fully saturated rings. The van der Waals surface area contributed by atoms with Crippen LogP contribution in [0.5, 0.6) is 0 Å². The molecule has 4 rings (SSSR count). The zero-order chi connectivity index (χ0) is 19.0. The van der Waals surface area contributed by atoms with Gasteiger partial charge in [0.2, 0.25) is 0 Å². The third-order valence-electron chi connectivity index (χ3n) is 4.56. The van der Waals surface area contributed by atoms with Crippen LogP contribution in [0.25, 0.3) is 16.6 Å². The summed E-state index contributed by atoms with van der Waals surface area (Å²) in [6, 6.07) is 21.9. The SMILES string of the molecule is Cc1cccc(-n2c(=O)c3ccccc3n(Cc3ccc(Cl)cc3)c2=O)c1. The molecule has 3 aromatic carbocycles. The van der Waals surface area contributed by atoms with Gasteiger partial charge in [-0.3, -0.25) is 9.36 Å². The summed E-state index contributed by atoms with van der Waals surface area (Å²) >= 11 is 5.97. The Bertz CT molecular complexity index is 1250. The number of hydrogen-bond donors (Lipinski definition) is 0. The van der Waals surface area contributed by atoms with Crippen molar-refractivity contribution in [3.05, 3.63) is 110 Å². The molecule has 5 heteroatoms. The average molecular weight is 377 g/mol. The van der Waals surface area contributed by atoms with Crippen molar-refractivity contribution in [3.8, 4) is 5.69 Å². The third kappa shape index (κ3) is 3.20. The van der Waals surface area contributed by atoms with Crippen molar-refractivity contribution in [3.63, 3.8) is 0 Å². The van der Waals surface area contributed by atoms with Gasteiger partial charge in [-0.1, -0.05) is 48.0 Å². The molecule has 0 atom stereocenters. The predicted molar refractivity (Wildman–Crippen MR) is 109 cm³/mol. The molecule has 0 aliphatic carbocycles. The third-order valence-corrected chi connectivity index (χ3v) is 4.82. The van der Waals surface area contributed by atoms with Crippen LogP contribution >= 0.6 is 11.6 Å². The molecule has 1 aromatic heterocycles. The number of para-hydroxylation sites is 1. The first kappa shape index (κ1) is 17.3. The van der Waals surface area contributed by atoms with Crippen LogP contribution in [0.1, 0.15) is 11.1 Å². The summed E-state index contributed by atoms with van der Waals surface area (Å²) in [5.41, 5.74) is 2.43. The Morgan fingerprint density at radius 3 is 2.37 bits per heavy atom. The van der Waals surface area contributed by atoms with Crippen LogP contribution in [0.4, 0.5) is 0 Å². The zero-order valence-electron chi connectivity index (χ0n) is 14.7. The van der Waals surface area contributed by atoms with Crippen molar-refractivity contribution >= 4 is 22.5 Å². The highest BCUT2D eigenvalue weighted by molar-refractivity contribution is 6.30. The second kappa shape index (κ2) is 6.89. The Hall–Kier alpha value is -3.11. The van der Waals surface area contributed by atoms with Gasteiger partial charge in [-0.2, -0.15) is 0 Å². The Morgan fingerprint density at radius 2 is 1.63 bits per heavy atom. The second-order valence-electron chi connectivity index (χ2n) is 6.49. The van der Waals surface area contributed by atoms with E-state index in [4.69, 9.17) is 11.6 Å². The van der Waals surface area contributed by atoms with E-state index in [2.05, 4.69) is 0 Å². The molecular formula is C22H17ClN2O2. The Balaban J connectivity index is 2.01. The minimum absolute atomic E-state index is 0.312. The number of aromatic nitrogens is 2. The van der Waals surface area contributed by atoms with Gasteiger partial charge >= 0.3 is 5.69 Å². The molecule has 0 N–H and O–H groups in total. The molecule has 0 saturated heterocycles. The van der Waals surface area contributed by atoms with Crippen LogP contribution in [0.3, 0.4) is 0 Å². The Kier molecular flexibility index (Phi) is 4.42. The van der Waals surface area contributed by atoms with Gasteiger partial charge in [0.05, 0.1) is 23.1 Å². The van der Waals surface area contributed by atoms with E-state index in [-0.39, 0.29) is 11.2 Å². The molecule has 0 saturated carbocycles. The van der Waals surface area contributed by atoms with Crippen LogP contribution in [-0.4, -0.2) is 9.13 Å². The van der Waals surface area contributed by atoms with Crippen molar-refractivity contribution in [2.75, 3.05) is 0 Å². The molecule has 0 bridgehead atoms. The van der Waals surface area contributed by atoms with Gasteiger partial charge < -0.3 is 0 Å². The maximum atomic E-state index is 13.3. The van der Waals surface area contributed by atoms with Crippen molar-refractivity contribution in [2.45, 2.75) is 13.5 Å². The van der Waals surface area contributed by atoms with E-state index >= 15 is 0 Å². The van der Waals surface area contributed by atoms with Crippen LogP contribution < -0.4 is 11.2 Å². The quantitative estimate of drug-likeness (QED) is 0.539. The minimum Gasteiger partial charge on any atom is -0.288 e. The highest BCUT2D eigenvalue weighted by Crippen LogP contribution is 2.14. The maximum absolute atomic E-state index is 13.3. The van der Waals surface area contributed by atoms with Crippen LogP contribution in [0.2, 0.25) is 5.02 Å². The molecule has 0 spiro atoms. The number of hydrogen-bond acceptors (Lipinski definition) is 2. The van der Waals surface area contributed by atoms with Crippen LogP contribution in [0.15, 0.2) is 82.4 Å². The fourth-order valence-corrected chi connectivity index (χ4v) is 3.37. The van der Waals surface area contributed by atoms with E-state index < -0.39 is 0 Å². The average Bonchev–Trinajstić information content (AvgIpc) is 2.67. The molecule has 0 aliphatic rings. The summed E-state index contributed by atoms with van der Waals surface area (Å²) in [5.74, 6) is 0. The van der Waals surface area contributed by atoms with Gasteiger partial charge in [0, 0.05) is 5.02 Å². The van der Waals surface area contributed by atoms with Crippen molar-refractivity contribution in [1.82, 2.24) is 9.13 Å². The zero-order valence-corrected chi connectivity index (χ0v) is 15.5. The first-order chi connectivity index (χ1) is 13.0. The molecule has 0 unspecified atom stereocenters. The summed E-state index contributed by atoms with van der Waals surface area (Å²) < 4.78 is 2.87. The molecule has 0 radical (unpaired) electrons. The standard InChI is InChI=1S/C22H17ClN2O2/c1-15-5-4-6-18(13-15)25-21(26)19-7-2-3-8-20(19)24(22(25)27)14-16-9-11-17(23)12-10-16/h2-13H,14H2,1H3. The lowest BCUT2D eigenvalue weighted by atomic mass is 10.2. The molecule has 4 nitrogen and oxygen atoms in total. The summed E-state index contributed by atoms with van der Waals surface area (Å²) in [6.45, 7) is 2.28. The van der Waals surface area contributed by atoms with Gasteiger partial charge in [0.25, 0.3) is 5.56 Å². The Labute approximate surface area is 160 Å². The molecule has 134 valence electrons. The first-order valence-corrected chi connectivity index (χ1v) is 8.98. The summed E-state index contributed by atoms with van der Waals surface area (Å²) in [6.07, 6.45) is 0. The van der Waals surface area contributed by atoms with Crippen molar-refractivity contribution in [2.24, 2.45) is 0 Å². The molecule has 0 aliphatic heterocycles. The number of halogens is 1. The van der Waals surface area contributed by atoms with Crippen molar-refractivity contribution in [1.29, 1.82) is 0 Å². The molecule has 0 amide bonds. The van der Waals surface area contributed by atoms with E-state index in [0.29, 0.717) is 28.2 Å². The number of fused-ring (bicyclic) bond motifs is 1. The molecule has 4 aromatic rings. The maximum Gasteiger partial charge on any atom is 0.336 e. The summed E-state index contributed by atoms with van der Waals surface area (Å²) in [5, 5.41) is 1.15. The molecular weight excluding hydrogens is 360 g/mol. The summed E-state index contributed by atoms with van der Waals surface area (Å²) in [4.78, 5) is 26.3. The minimum atomic E-state index is -0.362. The fraction of sp³-hybridized carbons (Fsp3) is 0.0909. The normalized spacial score (nSPS) is 11.0. The lowest BCUT2D eigenvalue weighted by Gasteiger charge is -2.14. The first-order valence-electron chi connectivity index (χ1n) is 8.61. The second-order valence-corrected chi connectivity index (χ2v) is 6.93. The summed E-state index contributed by atoms with van der Waals surface area (Å²) in [7, 11) is 0. The van der Waals surface area contributed by atoms with E-state index in [1.54, 1.807) is 41.0 Å². The van der Waals surface area contributed by atoms with Gasteiger partial charge in [0.15, 0.2) is 0 Å². The van der Waals surface area contributed by atoms with Gasteiger partial charge in [0.1, 0.15) is 0 Å². The lowest BCUT2D eigenvalue weighted by Crippen LogP contribution is -2.39. The van der Waals surface area contributed by atoms with E-state index in [1.807, 2.05) is 43.3 Å². The number of benzene rings is 3. The van der Waals surface area contributed by atoms with E-state index in [1.165, 1.54) is 4.57 Å². The molecule has 27 heavy (non-hydrogen) atoms. The van der Waals surface area contributed by atoms with E-state index in [9.17, 15) is 9.59 Å². The molecule has 1 heterocycles. The van der Waals surface area contributed by atoms with Crippen LogP contribution in [0, 0.1) is 6.92 Å². The number of aryl methyl sites for hydroxylation is 1. The van der Waals surface area contributed by atoms with Gasteiger partial charge in [-0.05, 0) is 54.4 Å². The fourth-order valence-electron chi connectivity index (χ4n) is 3.24.